The lowest BCUT2D eigenvalue weighted by atomic mass is 10.1. The van der Waals surface area contributed by atoms with Gasteiger partial charge in [-0.05, 0) is 50.4 Å². The number of fused-ring (bicyclic) bond motifs is 1. The zero-order valence-corrected chi connectivity index (χ0v) is 10.9. The van der Waals surface area contributed by atoms with E-state index in [1.54, 1.807) is 0 Å². The summed E-state index contributed by atoms with van der Waals surface area (Å²) < 4.78 is 0. The molecule has 0 fully saturated rings. The Hall–Kier alpha value is -1.02. The fourth-order valence-electron chi connectivity index (χ4n) is 2.57. The van der Waals surface area contributed by atoms with Crippen LogP contribution >= 0.6 is 0 Å². The highest BCUT2D eigenvalue weighted by molar-refractivity contribution is 5.54. The van der Waals surface area contributed by atoms with Crippen LogP contribution in [0.5, 0.6) is 0 Å². The molecule has 0 aliphatic carbocycles. The van der Waals surface area contributed by atoms with Crippen molar-refractivity contribution in [3.8, 4) is 0 Å². The Balaban J connectivity index is 1.97. The summed E-state index contributed by atoms with van der Waals surface area (Å²) in [6.07, 6.45) is 5.15. The van der Waals surface area contributed by atoms with Crippen molar-refractivity contribution in [2.75, 3.05) is 31.1 Å². The lowest BCUT2D eigenvalue weighted by molar-refractivity contribution is 0.639. The number of benzene rings is 1. The molecule has 0 unspecified atom stereocenters. The third-order valence-corrected chi connectivity index (χ3v) is 3.49. The quantitative estimate of drug-likeness (QED) is 0.785. The summed E-state index contributed by atoms with van der Waals surface area (Å²) in [5.74, 6) is 0. The first-order valence-electron chi connectivity index (χ1n) is 6.95. The number of hydrogen-bond donors (Lipinski definition) is 1. The van der Waals surface area contributed by atoms with Gasteiger partial charge in [0.25, 0.3) is 0 Å². The standard InChI is InChI=1S/C15H24N2/c1-2-16-11-7-13-17-12-6-5-9-14-8-3-4-10-15(14)17/h3-4,8,10,16H,2,5-7,9,11-13H2,1H3. The van der Waals surface area contributed by atoms with Gasteiger partial charge in [0, 0.05) is 18.8 Å². The fourth-order valence-corrected chi connectivity index (χ4v) is 2.57. The lowest BCUT2D eigenvalue weighted by Crippen LogP contribution is -2.28. The van der Waals surface area contributed by atoms with Crippen LogP contribution in [0.15, 0.2) is 24.3 Å². The summed E-state index contributed by atoms with van der Waals surface area (Å²) >= 11 is 0. The molecular weight excluding hydrogens is 208 g/mol. The van der Waals surface area contributed by atoms with E-state index in [1.165, 1.54) is 50.0 Å². The summed E-state index contributed by atoms with van der Waals surface area (Å²) in [6.45, 7) is 6.79. The molecule has 2 rings (SSSR count). The largest absolute Gasteiger partial charge is 0.371 e. The van der Waals surface area contributed by atoms with Crippen LogP contribution in [-0.4, -0.2) is 26.2 Å². The maximum Gasteiger partial charge on any atom is 0.0398 e. The van der Waals surface area contributed by atoms with Crippen molar-refractivity contribution in [2.24, 2.45) is 0 Å². The highest BCUT2D eigenvalue weighted by Crippen LogP contribution is 2.25. The molecule has 94 valence electrons. The van der Waals surface area contributed by atoms with Crippen LogP contribution in [0.3, 0.4) is 0 Å². The molecule has 1 aliphatic rings. The Morgan fingerprint density at radius 2 is 2.12 bits per heavy atom. The molecule has 0 saturated carbocycles. The van der Waals surface area contributed by atoms with Crippen LogP contribution < -0.4 is 10.2 Å². The molecule has 0 bridgehead atoms. The predicted molar refractivity (Wildman–Crippen MR) is 74.8 cm³/mol. The second-order valence-electron chi connectivity index (χ2n) is 4.78. The average molecular weight is 232 g/mol. The van der Waals surface area contributed by atoms with Gasteiger partial charge in [0.15, 0.2) is 0 Å². The van der Waals surface area contributed by atoms with Gasteiger partial charge < -0.3 is 10.2 Å². The van der Waals surface area contributed by atoms with Gasteiger partial charge in [0.1, 0.15) is 0 Å². The minimum Gasteiger partial charge on any atom is -0.371 e. The maximum atomic E-state index is 3.40. The van der Waals surface area contributed by atoms with Gasteiger partial charge in [0.2, 0.25) is 0 Å². The highest BCUT2D eigenvalue weighted by atomic mass is 15.1. The molecule has 0 atom stereocenters. The first-order valence-corrected chi connectivity index (χ1v) is 6.95. The number of rotatable bonds is 5. The van der Waals surface area contributed by atoms with Crippen LogP contribution in [-0.2, 0) is 6.42 Å². The van der Waals surface area contributed by atoms with Gasteiger partial charge >= 0.3 is 0 Å². The van der Waals surface area contributed by atoms with Gasteiger partial charge in [-0.25, -0.2) is 0 Å². The van der Waals surface area contributed by atoms with Gasteiger partial charge in [-0.15, -0.1) is 0 Å². The van der Waals surface area contributed by atoms with Gasteiger partial charge in [-0.2, -0.15) is 0 Å². The molecule has 1 aromatic carbocycles. The molecule has 2 nitrogen and oxygen atoms in total. The molecule has 1 aliphatic heterocycles. The lowest BCUT2D eigenvalue weighted by Gasteiger charge is -2.25. The van der Waals surface area contributed by atoms with E-state index in [-0.39, 0.29) is 0 Å². The summed E-state index contributed by atoms with van der Waals surface area (Å²) in [5, 5.41) is 3.40. The van der Waals surface area contributed by atoms with E-state index in [4.69, 9.17) is 0 Å². The topological polar surface area (TPSA) is 15.3 Å². The van der Waals surface area contributed by atoms with Crippen molar-refractivity contribution < 1.29 is 0 Å². The van der Waals surface area contributed by atoms with Crippen molar-refractivity contribution in [3.63, 3.8) is 0 Å². The summed E-state index contributed by atoms with van der Waals surface area (Å²) in [7, 11) is 0. The number of nitrogens with one attached hydrogen (secondary N) is 1. The Morgan fingerprint density at radius 1 is 1.24 bits per heavy atom. The van der Waals surface area contributed by atoms with Gasteiger partial charge in [0.05, 0.1) is 0 Å². The SMILES string of the molecule is CCNCCCN1CCCCc2ccccc21. The highest BCUT2D eigenvalue weighted by Gasteiger charge is 2.13. The molecule has 0 aromatic heterocycles. The minimum absolute atomic E-state index is 1.08. The third-order valence-electron chi connectivity index (χ3n) is 3.49. The van der Waals surface area contributed by atoms with Gasteiger partial charge in [-0.1, -0.05) is 25.1 Å². The Morgan fingerprint density at radius 3 is 3.00 bits per heavy atom. The molecule has 2 heteroatoms. The first-order chi connectivity index (χ1) is 8.42. The van der Waals surface area contributed by atoms with E-state index < -0.39 is 0 Å². The maximum absolute atomic E-state index is 3.40. The first kappa shape index (κ1) is 12.4. The number of aryl methyl sites for hydroxylation is 1. The van der Waals surface area contributed by atoms with Crippen LogP contribution in [0, 0.1) is 0 Å². The monoisotopic (exact) mass is 232 g/mol. The number of nitrogens with zero attached hydrogens (tertiary/aromatic N) is 1. The smallest absolute Gasteiger partial charge is 0.0398 e. The van der Waals surface area contributed by atoms with Crippen LogP contribution in [0.25, 0.3) is 0 Å². The molecule has 0 spiro atoms. The second kappa shape index (κ2) is 6.65. The molecular formula is C15H24N2. The molecule has 1 aromatic rings. The van der Waals surface area contributed by atoms with E-state index in [0.29, 0.717) is 0 Å². The summed E-state index contributed by atoms with van der Waals surface area (Å²) in [5.41, 5.74) is 3.01. The van der Waals surface area contributed by atoms with Crippen LogP contribution in [0.4, 0.5) is 5.69 Å². The second-order valence-corrected chi connectivity index (χ2v) is 4.78. The molecule has 0 radical (unpaired) electrons. The number of anilines is 1. The van der Waals surface area contributed by atoms with Crippen molar-refractivity contribution in [2.45, 2.75) is 32.6 Å². The van der Waals surface area contributed by atoms with Crippen molar-refractivity contribution in [1.82, 2.24) is 5.32 Å². The Labute approximate surface area is 105 Å². The molecule has 0 saturated heterocycles. The summed E-state index contributed by atoms with van der Waals surface area (Å²) in [6, 6.07) is 8.91. The zero-order valence-electron chi connectivity index (χ0n) is 10.9. The van der Waals surface area contributed by atoms with Crippen LogP contribution in [0.1, 0.15) is 31.7 Å². The minimum atomic E-state index is 1.08. The van der Waals surface area contributed by atoms with Gasteiger partial charge in [-0.3, -0.25) is 0 Å². The van der Waals surface area contributed by atoms with Crippen LogP contribution in [0.2, 0.25) is 0 Å². The van der Waals surface area contributed by atoms with E-state index >= 15 is 0 Å². The number of para-hydroxylation sites is 1. The van der Waals surface area contributed by atoms with E-state index in [1.807, 2.05) is 0 Å². The third kappa shape index (κ3) is 3.47. The van der Waals surface area contributed by atoms with E-state index in [0.717, 1.165) is 13.1 Å². The van der Waals surface area contributed by atoms with E-state index in [2.05, 4.69) is 41.4 Å². The molecule has 1 N–H and O–H groups in total. The van der Waals surface area contributed by atoms with Crippen molar-refractivity contribution in [1.29, 1.82) is 0 Å². The van der Waals surface area contributed by atoms with Crippen molar-refractivity contribution >= 4 is 5.69 Å². The summed E-state index contributed by atoms with van der Waals surface area (Å²) in [4.78, 5) is 2.57. The fraction of sp³-hybridized carbons (Fsp3) is 0.600. The van der Waals surface area contributed by atoms with Crippen molar-refractivity contribution in [3.05, 3.63) is 29.8 Å². The number of hydrogen-bond acceptors (Lipinski definition) is 2. The zero-order chi connectivity index (χ0) is 11.9. The predicted octanol–water partition coefficient (Wildman–Crippen LogP) is 2.83. The Bertz CT molecular complexity index is 335. The average Bonchev–Trinajstić information content (AvgIpc) is 2.57. The molecule has 0 amide bonds. The Kier molecular flexibility index (Phi) is 4.87. The molecule has 17 heavy (non-hydrogen) atoms. The normalized spacial score (nSPS) is 15.5. The molecule has 1 heterocycles. The van der Waals surface area contributed by atoms with E-state index in [9.17, 15) is 0 Å².